The van der Waals surface area contributed by atoms with Crippen LogP contribution in [0.1, 0.15) is 58.3 Å². The molecule has 2 amide bonds. The second-order valence-electron chi connectivity index (χ2n) is 11.0. The molecular weight excluding hydrogens is 452 g/mol. The molecule has 8 nitrogen and oxygen atoms in total. The Hall–Kier alpha value is -0.870. The van der Waals surface area contributed by atoms with Crippen LogP contribution in [0, 0.1) is 17.8 Å². The third-order valence-electron chi connectivity index (χ3n) is 8.75. The number of rotatable bonds is 5. The lowest BCUT2D eigenvalue weighted by molar-refractivity contribution is -0.145. The molecule has 192 valence electrons. The van der Waals surface area contributed by atoms with Gasteiger partial charge in [-0.05, 0) is 57.3 Å². The lowest BCUT2D eigenvalue weighted by Gasteiger charge is -2.44. The molecular formula is C25H42N4O4S. The molecule has 4 heterocycles. The number of nitrogens with zero attached hydrogens (tertiary/aromatic N) is 1. The number of methoxy groups -OCH3 is 1. The number of piperidine rings is 1. The number of thioether (sulfide) groups is 1. The van der Waals surface area contributed by atoms with E-state index >= 15 is 0 Å². The molecule has 0 aromatic carbocycles. The summed E-state index contributed by atoms with van der Waals surface area (Å²) in [7, 11) is 1.83. The number of ether oxygens (including phenoxy) is 2. The molecule has 5 fully saturated rings. The molecule has 0 bridgehead atoms. The fraction of sp³-hybridized carbons (Fsp3) is 0.920. The smallest absolute Gasteiger partial charge is 0.251 e. The number of likely N-dealkylation sites (tertiary alicyclic amines) is 1. The number of hydrogen-bond donors (Lipinski definition) is 3. The highest BCUT2D eigenvalue weighted by Gasteiger charge is 2.46. The standard InChI is InChI=1S/C25H42N4O4S/c1-15-11-17(16-7-3-4-8-20(16)32-2)18(12-26-15)23(30)28-25-27-19-13-29(14-22(19)34-25)24(31)21-9-5-6-10-33-21/h15-22,25-27H,3-14H2,1-2H3,(H,28,30). The predicted molar refractivity (Wildman–Crippen MR) is 132 cm³/mol. The van der Waals surface area contributed by atoms with E-state index in [0.717, 1.165) is 51.6 Å². The maximum atomic E-state index is 13.5. The Balaban J connectivity index is 1.15. The van der Waals surface area contributed by atoms with Crippen molar-refractivity contribution in [2.24, 2.45) is 17.8 Å². The topological polar surface area (TPSA) is 91.9 Å². The van der Waals surface area contributed by atoms with Gasteiger partial charge in [0.05, 0.1) is 12.0 Å². The van der Waals surface area contributed by atoms with Crippen LogP contribution in [0.25, 0.3) is 0 Å². The van der Waals surface area contributed by atoms with Crippen LogP contribution in [0.5, 0.6) is 0 Å². The highest BCUT2D eigenvalue weighted by molar-refractivity contribution is 8.00. The van der Waals surface area contributed by atoms with E-state index in [0.29, 0.717) is 36.3 Å². The van der Waals surface area contributed by atoms with Gasteiger partial charge in [0.25, 0.3) is 5.91 Å². The van der Waals surface area contributed by atoms with Gasteiger partial charge in [0, 0.05) is 50.7 Å². The van der Waals surface area contributed by atoms with Crippen LogP contribution < -0.4 is 16.0 Å². The zero-order valence-corrected chi connectivity index (χ0v) is 21.5. The van der Waals surface area contributed by atoms with Gasteiger partial charge in [-0.1, -0.05) is 12.8 Å². The van der Waals surface area contributed by atoms with Crippen LogP contribution in [-0.4, -0.2) is 85.1 Å². The maximum Gasteiger partial charge on any atom is 0.251 e. The second-order valence-corrected chi connectivity index (χ2v) is 12.3. The largest absolute Gasteiger partial charge is 0.381 e. The molecule has 0 aromatic heterocycles. The summed E-state index contributed by atoms with van der Waals surface area (Å²) in [5, 5.41) is 10.7. The van der Waals surface area contributed by atoms with Crippen LogP contribution in [0.4, 0.5) is 0 Å². The molecule has 34 heavy (non-hydrogen) atoms. The minimum atomic E-state index is -0.262. The van der Waals surface area contributed by atoms with Crippen LogP contribution in [0.15, 0.2) is 0 Å². The first-order chi connectivity index (χ1) is 16.5. The van der Waals surface area contributed by atoms with Crippen LogP contribution in [0.3, 0.4) is 0 Å². The Morgan fingerprint density at radius 1 is 1.09 bits per heavy atom. The molecule has 9 atom stereocenters. The lowest BCUT2D eigenvalue weighted by atomic mass is 9.68. The monoisotopic (exact) mass is 494 g/mol. The lowest BCUT2D eigenvalue weighted by Crippen LogP contribution is -2.55. The minimum Gasteiger partial charge on any atom is -0.381 e. The predicted octanol–water partition coefficient (Wildman–Crippen LogP) is 1.69. The first-order valence-electron chi connectivity index (χ1n) is 13.4. The summed E-state index contributed by atoms with van der Waals surface area (Å²) in [5.41, 5.74) is -0.0877. The summed E-state index contributed by atoms with van der Waals surface area (Å²) in [5.74, 6) is 1.09. The van der Waals surface area contributed by atoms with Gasteiger partial charge in [-0.25, -0.2) is 0 Å². The van der Waals surface area contributed by atoms with Crippen LogP contribution in [-0.2, 0) is 19.1 Å². The van der Waals surface area contributed by atoms with Crippen molar-refractivity contribution in [2.45, 2.75) is 93.3 Å². The Kier molecular flexibility index (Phi) is 8.05. The Morgan fingerprint density at radius 2 is 1.91 bits per heavy atom. The number of carbonyl (C=O) groups is 2. The Morgan fingerprint density at radius 3 is 2.68 bits per heavy atom. The van der Waals surface area contributed by atoms with E-state index in [1.165, 1.54) is 12.8 Å². The fourth-order valence-corrected chi connectivity index (χ4v) is 8.32. The number of carbonyl (C=O) groups excluding carboxylic acids is 2. The average Bonchev–Trinajstić information content (AvgIpc) is 3.42. The Bertz CT molecular complexity index is 722. The Labute approximate surface area is 208 Å². The molecule has 9 heteroatoms. The van der Waals surface area contributed by atoms with Crippen molar-refractivity contribution in [2.75, 3.05) is 33.4 Å². The van der Waals surface area contributed by atoms with Gasteiger partial charge in [-0.15, -0.1) is 11.8 Å². The molecule has 1 saturated carbocycles. The minimum absolute atomic E-state index is 0.0266. The molecule has 3 N–H and O–H groups in total. The summed E-state index contributed by atoms with van der Waals surface area (Å²) < 4.78 is 11.6. The number of fused-ring (bicyclic) bond motifs is 1. The van der Waals surface area contributed by atoms with Crippen molar-refractivity contribution >= 4 is 23.6 Å². The van der Waals surface area contributed by atoms with E-state index in [2.05, 4.69) is 22.9 Å². The number of amides is 2. The van der Waals surface area contributed by atoms with E-state index in [-0.39, 0.29) is 41.5 Å². The zero-order valence-electron chi connectivity index (χ0n) is 20.7. The van der Waals surface area contributed by atoms with Crippen molar-refractivity contribution in [3.63, 3.8) is 0 Å². The second kappa shape index (κ2) is 11.0. The summed E-state index contributed by atoms with van der Waals surface area (Å²) in [6.07, 6.45) is 8.73. The van der Waals surface area contributed by atoms with E-state index in [9.17, 15) is 9.59 Å². The molecule has 0 spiro atoms. The quantitative estimate of drug-likeness (QED) is 0.536. The zero-order chi connectivity index (χ0) is 23.7. The van der Waals surface area contributed by atoms with E-state index in [1.54, 1.807) is 11.8 Å². The summed E-state index contributed by atoms with van der Waals surface area (Å²) in [6, 6.07) is 0.655. The van der Waals surface area contributed by atoms with Crippen molar-refractivity contribution in [3.05, 3.63) is 0 Å². The average molecular weight is 495 g/mol. The SMILES string of the molecule is COC1CCCCC1C1CC(C)NCC1C(=O)NC1NC2CN(C(=O)C3CCCCO3)CC2S1. The molecule has 0 radical (unpaired) electrons. The molecule has 1 aliphatic carbocycles. The van der Waals surface area contributed by atoms with Crippen LogP contribution >= 0.6 is 11.8 Å². The van der Waals surface area contributed by atoms with E-state index in [4.69, 9.17) is 9.47 Å². The highest BCUT2D eigenvalue weighted by atomic mass is 32.2. The van der Waals surface area contributed by atoms with Gasteiger partial charge in [0.1, 0.15) is 11.6 Å². The molecule has 5 rings (SSSR count). The fourth-order valence-electron chi connectivity index (χ4n) is 6.92. The van der Waals surface area contributed by atoms with E-state index in [1.807, 2.05) is 12.0 Å². The summed E-state index contributed by atoms with van der Waals surface area (Å²) in [4.78, 5) is 28.3. The summed E-state index contributed by atoms with van der Waals surface area (Å²) in [6.45, 7) is 5.09. The summed E-state index contributed by atoms with van der Waals surface area (Å²) >= 11 is 1.76. The number of nitrogens with one attached hydrogen (secondary N) is 3. The third kappa shape index (κ3) is 5.28. The molecule has 9 unspecified atom stereocenters. The molecule has 5 aliphatic rings. The van der Waals surface area contributed by atoms with Gasteiger partial charge in [0.15, 0.2) is 0 Å². The maximum absolute atomic E-state index is 13.5. The highest BCUT2D eigenvalue weighted by Crippen LogP contribution is 2.40. The van der Waals surface area contributed by atoms with Gasteiger partial charge < -0.3 is 25.0 Å². The van der Waals surface area contributed by atoms with Gasteiger partial charge in [0.2, 0.25) is 5.91 Å². The molecule has 0 aromatic rings. The van der Waals surface area contributed by atoms with Crippen molar-refractivity contribution < 1.29 is 19.1 Å². The molecule has 4 aliphatic heterocycles. The van der Waals surface area contributed by atoms with Crippen molar-refractivity contribution in [1.82, 2.24) is 20.9 Å². The normalized spacial score (nSPS) is 42.9. The molecule has 4 saturated heterocycles. The van der Waals surface area contributed by atoms with Crippen molar-refractivity contribution in [1.29, 1.82) is 0 Å². The van der Waals surface area contributed by atoms with Crippen molar-refractivity contribution in [3.8, 4) is 0 Å². The number of hydrogen-bond acceptors (Lipinski definition) is 7. The van der Waals surface area contributed by atoms with Gasteiger partial charge in [-0.2, -0.15) is 0 Å². The first-order valence-corrected chi connectivity index (χ1v) is 14.4. The van der Waals surface area contributed by atoms with Crippen LogP contribution in [0.2, 0.25) is 0 Å². The van der Waals surface area contributed by atoms with Gasteiger partial charge in [-0.3, -0.25) is 14.9 Å². The first kappa shape index (κ1) is 24.8. The van der Waals surface area contributed by atoms with E-state index < -0.39 is 0 Å². The van der Waals surface area contributed by atoms with Gasteiger partial charge >= 0.3 is 0 Å². The third-order valence-corrected chi connectivity index (χ3v) is 10.1.